The van der Waals surface area contributed by atoms with Crippen molar-refractivity contribution in [3.63, 3.8) is 0 Å². The molecule has 1 aromatic heterocycles. The number of carbonyl (C=O) groups is 1. The second kappa shape index (κ2) is 8.55. The van der Waals surface area contributed by atoms with Crippen molar-refractivity contribution in [1.29, 1.82) is 0 Å². The van der Waals surface area contributed by atoms with E-state index in [0.29, 0.717) is 6.61 Å². The highest BCUT2D eigenvalue weighted by Gasteiger charge is 2.07. The van der Waals surface area contributed by atoms with Gasteiger partial charge in [-0.3, -0.25) is 0 Å². The van der Waals surface area contributed by atoms with E-state index in [1.54, 1.807) is 12.5 Å². The van der Waals surface area contributed by atoms with Crippen LogP contribution in [0.2, 0.25) is 0 Å². The second-order valence-corrected chi connectivity index (χ2v) is 4.50. The Kier molecular flexibility index (Phi) is 6.91. The lowest BCUT2D eigenvalue weighted by Gasteiger charge is -2.13. The fourth-order valence-corrected chi connectivity index (χ4v) is 1.67. The summed E-state index contributed by atoms with van der Waals surface area (Å²) in [7, 11) is 0. The van der Waals surface area contributed by atoms with E-state index in [1.807, 2.05) is 6.92 Å². The average Bonchev–Trinajstić information content (AvgIpc) is 2.85. The largest absolute Gasteiger partial charge is 0.450 e. The molecule has 1 rings (SSSR count). The van der Waals surface area contributed by atoms with Crippen molar-refractivity contribution in [3.8, 4) is 0 Å². The van der Waals surface area contributed by atoms with Crippen LogP contribution in [0.1, 0.15) is 45.2 Å². The lowest BCUT2D eigenvalue weighted by atomic mass is 10.1. The van der Waals surface area contributed by atoms with E-state index >= 15 is 0 Å². The number of rotatable bonds is 8. The van der Waals surface area contributed by atoms with E-state index in [0.717, 1.165) is 37.8 Å². The summed E-state index contributed by atoms with van der Waals surface area (Å²) >= 11 is 0. The lowest BCUT2D eigenvalue weighted by molar-refractivity contribution is 0.141. The zero-order valence-electron chi connectivity index (χ0n) is 11.2. The summed E-state index contributed by atoms with van der Waals surface area (Å²) < 4.78 is 5.11. The molecule has 0 spiro atoms. The molecule has 2 N–H and O–H groups in total. The molecular formula is C13H23N3O2. The van der Waals surface area contributed by atoms with Crippen molar-refractivity contribution in [3.05, 3.63) is 18.2 Å². The number of hydrogen-bond donors (Lipinski definition) is 2. The third-order valence-corrected chi connectivity index (χ3v) is 2.73. The van der Waals surface area contributed by atoms with E-state index in [9.17, 15) is 4.79 Å². The van der Waals surface area contributed by atoms with Crippen LogP contribution in [0, 0.1) is 0 Å². The van der Waals surface area contributed by atoms with E-state index in [4.69, 9.17) is 4.74 Å². The number of unbranched alkanes of at least 4 members (excludes halogenated alkanes) is 1. The first-order valence-corrected chi connectivity index (χ1v) is 6.63. The van der Waals surface area contributed by atoms with Gasteiger partial charge in [0.15, 0.2) is 0 Å². The van der Waals surface area contributed by atoms with Crippen molar-refractivity contribution in [2.24, 2.45) is 0 Å². The van der Waals surface area contributed by atoms with Gasteiger partial charge in [-0.2, -0.15) is 0 Å². The molecule has 5 heteroatoms. The number of ether oxygens (including phenoxy) is 1. The van der Waals surface area contributed by atoms with Gasteiger partial charge < -0.3 is 15.0 Å². The van der Waals surface area contributed by atoms with Gasteiger partial charge in [0, 0.05) is 17.9 Å². The maximum absolute atomic E-state index is 11.4. The van der Waals surface area contributed by atoms with E-state index in [2.05, 4.69) is 22.2 Å². The number of aromatic nitrogens is 2. The molecule has 1 heterocycles. The summed E-state index contributed by atoms with van der Waals surface area (Å²) in [6.07, 6.45) is 8.04. The highest BCUT2D eigenvalue weighted by Crippen LogP contribution is 2.00. The molecule has 0 bridgehead atoms. The number of imidazole rings is 1. The summed E-state index contributed by atoms with van der Waals surface area (Å²) in [5, 5.41) is 2.83. The van der Waals surface area contributed by atoms with E-state index in [-0.39, 0.29) is 12.1 Å². The zero-order valence-corrected chi connectivity index (χ0v) is 11.2. The third-order valence-electron chi connectivity index (χ3n) is 2.73. The molecule has 0 aliphatic rings. The van der Waals surface area contributed by atoms with Crippen LogP contribution in [0.5, 0.6) is 0 Å². The van der Waals surface area contributed by atoms with Gasteiger partial charge in [0.05, 0.1) is 12.9 Å². The van der Waals surface area contributed by atoms with Crippen LogP contribution in [0.15, 0.2) is 12.5 Å². The van der Waals surface area contributed by atoms with Gasteiger partial charge in [-0.05, 0) is 26.2 Å². The fraction of sp³-hybridized carbons (Fsp3) is 0.692. The van der Waals surface area contributed by atoms with Crippen LogP contribution in [0.25, 0.3) is 0 Å². The first kappa shape index (κ1) is 14.5. The molecule has 0 radical (unpaired) electrons. The van der Waals surface area contributed by atoms with Crippen molar-refractivity contribution in [2.45, 2.75) is 52.0 Å². The predicted octanol–water partition coefficient (Wildman–Crippen LogP) is 2.65. The Morgan fingerprint density at radius 1 is 1.56 bits per heavy atom. The Morgan fingerprint density at radius 3 is 3.06 bits per heavy atom. The molecule has 1 atom stereocenters. The van der Waals surface area contributed by atoms with E-state index in [1.165, 1.54) is 0 Å². The molecule has 0 saturated heterocycles. The van der Waals surface area contributed by atoms with Gasteiger partial charge in [0.25, 0.3) is 0 Å². The number of nitrogens with zero attached hydrogens (tertiary/aromatic N) is 1. The topological polar surface area (TPSA) is 67.0 Å². The monoisotopic (exact) mass is 253 g/mol. The molecule has 5 nitrogen and oxygen atoms in total. The smallest absolute Gasteiger partial charge is 0.407 e. The molecular weight excluding hydrogens is 230 g/mol. The van der Waals surface area contributed by atoms with Crippen LogP contribution in [-0.2, 0) is 11.2 Å². The van der Waals surface area contributed by atoms with Gasteiger partial charge in [0.2, 0.25) is 0 Å². The Hall–Kier alpha value is -1.52. The van der Waals surface area contributed by atoms with Crippen LogP contribution >= 0.6 is 0 Å². The minimum absolute atomic E-state index is 0.185. The maximum atomic E-state index is 11.4. The van der Waals surface area contributed by atoms with Crippen molar-refractivity contribution in [1.82, 2.24) is 15.3 Å². The number of carbonyl (C=O) groups excluding carboxylic acids is 1. The molecule has 18 heavy (non-hydrogen) atoms. The SMILES string of the molecule is CCCC[C@H](C)NC(=O)OCCCc1cnc[nH]1. The van der Waals surface area contributed by atoms with Crippen molar-refractivity contribution in [2.75, 3.05) is 6.61 Å². The molecule has 0 unspecified atom stereocenters. The van der Waals surface area contributed by atoms with Gasteiger partial charge in [-0.25, -0.2) is 9.78 Å². The summed E-state index contributed by atoms with van der Waals surface area (Å²) in [5.74, 6) is 0. The number of hydrogen-bond acceptors (Lipinski definition) is 3. The normalized spacial score (nSPS) is 12.1. The molecule has 0 aromatic carbocycles. The number of alkyl carbamates (subject to hydrolysis) is 1. The summed E-state index contributed by atoms with van der Waals surface area (Å²) in [5.41, 5.74) is 1.07. The number of aromatic amines is 1. The molecule has 0 saturated carbocycles. The van der Waals surface area contributed by atoms with Gasteiger partial charge in [-0.15, -0.1) is 0 Å². The van der Waals surface area contributed by atoms with Gasteiger partial charge in [0.1, 0.15) is 0 Å². The third kappa shape index (κ3) is 6.27. The van der Waals surface area contributed by atoms with Crippen molar-refractivity contribution < 1.29 is 9.53 Å². The van der Waals surface area contributed by atoms with E-state index < -0.39 is 0 Å². The Morgan fingerprint density at radius 2 is 2.39 bits per heavy atom. The zero-order chi connectivity index (χ0) is 13.2. The van der Waals surface area contributed by atoms with Gasteiger partial charge in [-0.1, -0.05) is 19.8 Å². The standard InChI is InChI=1S/C13H23N3O2/c1-3-4-6-11(2)16-13(17)18-8-5-7-12-9-14-10-15-12/h9-11H,3-8H2,1-2H3,(H,14,15)(H,16,17)/t11-/m0/s1. The first-order valence-electron chi connectivity index (χ1n) is 6.63. The minimum atomic E-state index is -0.316. The lowest BCUT2D eigenvalue weighted by Crippen LogP contribution is -2.33. The first-order chi connectivity index (χ1) is 8.72. The van der Waals surface area contributed by atoms with Gasteiger partial charge >= 0.3 is 6.09 Å². The number of aryl methyl sites for hydroxylation is 1. The molecule has 0 aliphatic heterocycles. The van der Waals surface area contributed by atoms with Crippen LogP contribution in [0.3, 0.4) is 0 Å². The average molecular weight is 253 g/mol. The molecule has 1 aromatic rings. The number of nitrogens with one attached hydrogen (secondary N) is 2. The van der Waals surface area contributed by atoms with Crippen LogP contribution < -0.4 is 5.32 Å². The second-order valence-electron chi connectivity index (χ2n) is 4.50. The highest BCUT2D eigenvalue weighted by molar-refractivity contribution is 5.67. The van der Waals surface area contributed by atoms with Crippen LogP contribution in [-0.4, -0.2) is 28.7 Å². The molecule has 102 valence electrons. The minimum Gasteiger partial charge on any atom is -0.450 e. The summed E-state index contributed by atoms with van der Waals surface area (Å²) in [6.45, 7) is 4.58. The fourth-order valence-electron chi connectivity index (χ4n) is 1.67. The Labute approximate surface area is 108 Å². The predicted molar refractivity (Wildman–Crippen MR) is 70.4 cm³/mol. The number of H-pyrrole nitrogens is 1. The summed E-state index contributed by atoms with van der Waals surface area (Å²) in [4.78, 5) is 18.4. The Balaban J connectivity index is 2.02. The Bertz CT molecular complexity index is 325. The van der Waals surface area contributed by atoms with Crippen molar-refractivity contribution >= 4 is 6.09 Å². The highest BCUT2D eigenvalue weighted by atomic mass is 16.5. The molecule has 0 fully saturated rings. The molecule has 1 amide bonds. The van der Waals surface area contributed by atoms with Crippen LogP contribution in [0.4, 0.5) is 4.79 Å². The number of amides is 1. The summed E-state index contributed by atoms with van der Waals surface area (Å²) in [6, 6.07) is 0.185. The quantitative estimate of drug-likeness (QED) is 0.700. The maximum Gasteiger partial charge on any atom is 0.407 e. The molecule has 0 aliphatic carbocycles.